The molecule has 3 aromatic carbocycles. The maximum Gasteiger partial charge on any atom is 0.519 e. The molecule has 2 aliphatic heterocycles. The molecule has 0 bridgehead atoms. The zero-order valence-electron chi connectivity index (χ0n) is 29.6. The first-order chi connectivity index (χ1) is 26.0. The molecule has 0 saturated carbocycles. The average Bonchev–Trinajstić information content (AvgIpc) is 3.47. The van der Waals surface area contributed by atoms with E-state index in [2.05, 4.69) is 14.9 Å². The van der Waals surface area contributed by atoms with E-state index in [1.54, 1.807) is 31.2 Å². The molecule has 1 atom stereocenters. The Labute approximate surface area is 310 Å². The zero-order valence-corrected chi connectivity index (χ0v) is 30.4. The fourth-order valence-electron chi connectivity index (χ4n) is 6.95. The molecule has 1 unspecified atom stereocenters. The first-order valence-electron chi connectivity index (χ1n) is 17.0. The summed E-state index contributed by atoms with van der Waals surface area (Å²) in [4.78, 5) is 51.5. The van der Waals surface area contributed by atoms with Crippen LogP contribution in [0, 0.1) is 18.6 Å². The van der Waals surface area contributed by atoms with Crippen LogP contribution in [0.3, 0.4) is 0 Å². The van der Waals surface area contributed by atoms with Gasteiger partial charge >= 0.3 is 5.82 Å². The van der Waals surface area contributed by atoms with Crippen molar-refractivity contribution in [2.45, 2.75) is 37.2 Å². The Hall–Kier alpha value is -5.74. The lowest BCUT2D eigenvalue weighted by atomic mass is 10.0. The summed E-state index contributed by atoms with van der Waals surface area (Å²) >= 11 is 1.38. The largest absolute Gasteiger partial charge is 0.519 e. The summed E-state index contributed by atoms with van der Waals surface area (Å²) < 4.78 is 59.8. The number of aromatic nitrogens is 3. The standard InChI is InChI=1S/C38H33F2N5O8S/c1-19-33(53-38(48)51-19)17-43-7-9-44(10-8-43)28-16-27-23(13-24(28)39)35(47)34(37-45(27)20(2)54-37)29(46)12-21-5-6-30(25(40)11-21)52-36-22-14-31(49-3)32(50-4)15-26(22)41-18-42-36/h5-6,11,13-16,18,20H,7-10,12,17H2,1-4H3. The van der Waals surface area contributed by atoms with Crippen molar-refractivity contribution in [1.29, 1.82) is 0 Å². The van der Waals surface area contributed by atoms with Gasteiger partial charge in [-0.05, 0) is 49.7 Å². The number of ketones is 1. The van der Waals surface area contributed by atoms with Crippen molar-refractivity contribution in [1.82, 2.24) is 19.4 Å². The molecule has 278 valence electrons. The summed E-state index contributed by atoms with van der Waals surface area (Å²) in [6.07, 6.45) is 1.02. The van der Waals surface area contributed by atoms with E-state index in [-0.39, 0.29) is 34.4 Å². The highest BCUT2D eigenvalue weighted by molar-refractivity contribution is 8.00. The second kappa shape index (κ2) is 13.9. The lowest BCUT2D eigenvalue weighted by Gasteiger charge is -2.37. The highest BCUT2D eigenvalue weighted by atomic mass is 32.2. The number of carbonyl (C=O) groups excluding carboxylic acids is 1. The van der Waals surface area contributed by atoms with Gasteiger partial charge in [0.2, 0.25) is 11.3 Å². The Kier molecular flexibility index (Phi) is 9.09. The number of hydrogen-bond acceptors (Lipinski definition) is 13. The summed E-state index contributed by atoms with van der Waals surface area (Å²) in [6.45, 7) is 6.18. The summed E-state index contributed by atoms with van der Waals surface area (Å²) in [7, 11) is 2.99. The van der Waals surface area contributed by atoms with Crippen molar-refractivity contribution >= 4 is 45.0 Å². The molecule has 16 heteroatoms. The van der Waals surface area contributed by atoms with Gasteiger partial charge in [-0.2, -0.15) is 0 Å². The third-order valence-electron chi connectivity index (χ3n) is 9.74. The normalized spacial score (nSPS) is 15.7. The number of nitrogens with zero attached hydrogens (tertiary/aromatic N) is 5. The second-order valence-corrected chi connectivity index (χ2v) is 14.3. The summed E-state index contributed by atoms with van der Waals surface area (Å²) in [5.41, 5.74) is 1.09. The van der Waals surface area contributed by atoms with Gasteiger partial charge in [-0.3, -0.25) is 14.5 Å². The van der Waals surface area contributed by atoms with Crippen molar-refractivity contribution in [3.05, 3.63) is 104 Å². The Morgan fingerprint density at radius 1 is 0.926 bits per heavy atom. The van der Waals surface area contributed by atoms with Gasteiger partial charge in [0.1, 0.15) is 17.9 Å². The number of aryl methyl sites for hydroxylation is 1. The van der Waals surface area contributed by atoms with Crippen LogP contribution < -0.4 is 30.4 Å². The molecule has 3 aromatic heterocycles. The van der Waals surface area contributed by atoms with E-state index in [1.165, 1.54) is 50.5 Å². The zero-order chi connectivity index (χ0) is 37.8. The summed E-state index contributed by atoms with van der Waals surface area (Å²) in [6, 6.07) is 10.3. The number of piperazine rings is 1. The van der Waals surface area contributed by atoms with E-state index < -0.39 is 28.7 Å². The van der Waals surface area contributed by atoms with Gasteiger partial charge in [0.15, 0.2) is 34.6 Å². The van der Waals surface area contributed by atoms with E-state index in [0.29, 0.717) is 88.4 Å². The maximum atomic E-state index is 15.8. The first kappa shape index (κ1) is 35.3. The Morgan fingerprint density at radius 2 is 1.69 bits per heavy atom. The van der Waals surface area contributed by atoms with E-state index in [9.17, 15) is 14.4 Å². The van der Waals surface area contributed by atoms with Crippen molar-refractivity contribution < 1.29 is 36.6 Å². The smallest absolute Gasteiger partial charge is 0.493 e. The van der Waals surface area contributed by atoms with Crippen LogP contribution in [0.4, 0.5) is 14.5 Å². The summed E-state index contributed by atoms with van der Waals surface area (Å²) in [5, 5.41) is 0.953. The minimum absolute atomic E-state index is 0.0508. The molecule has 0 N–H and O–H groups in total. The monoisotopic (exact) mass is 757 g/mol. The van der Waals surface area contributed by atoms with Crippen LogP contribution in [0.2, 0.25) is 0 Å². The van der Waals surface area contributed by atoms with Gasteiger partial charge in [0, 0.05) is 44.1 Å². The molecule has 0 amide bonds. The fourth-order valence-corrected chi connectivity index (χ4v) is 8.13. The lowest BCUT2D eigenvalue weighted by molar-refractivity contribution is 0.0987. The van der Waals surface area contributed by atoms with E-state index >= 15 is 8.78 Å². The first-order valence-corrected chi connectivity index (χ1v) is 17.9. The van der Waals surface area contributed by atoms with E-state index in [4.69, 9.17) is 23.0 Å². The van der Waals surface area contributed by atoms with Crippen LogP contribution >= 0.6 is 11.8 Å². The van der Waals surface area contributed by atoms with Gasteiger partial charge in [-0.1, -0.05) is 17.8 Å². The molecule has 2 aliphatic rings. The molecule has 1 fully saturated rings. The number of ether oxygens (including phenoxy) is 3. The molecular weight excluding hydrogens is 725 g/mol. The van der Waals surface area contributed by atoms with Gasteiger partial charge < -0.3 is 32.5 Å². The highest BCUT2D eigenvalue weighted by Gasteiger charge is 2.34. The molecule has 54 heavy (non-hydrogen) atoms. The Bertz CT molecular complexity index is 2600. The van der Waals surface area contributed by atoms with Crippen LogP contribution in [0.25, 0.3) is 21.8 Å². The number of benzene rings is 3. The third-order valence-corrected chi connectivity index (χ3v) is 10.9. The molecule has 5 heterocycles. The van der Waals surface area contributed by atoms with Crippen LogP contribution in [0.1, 0.15) is 39.7 Å². The SMILES string of the molecule is COc1cc2ncnc(Oc3ccc(CC(=O)c4c5n(c6cc(N7CCN(Cc8oc(=O)oc8C)CC7)c(F)cc6c4=O)C(C)S5)cc3F)c2cc1OC. The number of rotatable bonds is 10. The predicted octanol–water partition coefficient (Wildman–Crippen LogP) is 6.26. The average molecular weight is 758 g/mol. The number of methoxy groups -OCH3 is 2. The van der Waals surface area contributed by atoms with Crippen LogP contribution in [0.15, 0.2) is 72.2 Å². The molecule has 0 aliphatic carbocycles. The second-order valence-electron chi connectivity index (χ2n) is 13.0. The molecule has 1 saturated heterocycles. The lowest BCUT2D eigenvalue weighted by Crippen LogP contribution is -2.46. The van der Waals surface area contributed by atoms with Crippen LogP contribution in [-0.4, -0.2) is 65.6 Å². The van der Waals surface area contributed by atoms with Crippen molar-refractivity contribution in [2.24, 2.45) is 0 Å². The third kappa shape index (κ3) is 6.24. The predicted molar refractivity (Wildman–Crippen MR) is 195 cm³/mol. The quantitative estimate of drug-likeness (QED) is 0.145. The van der Waals surface area contributed by atoms with Crippen molar-refractivity contribution in [2.75, 3.05) is 45.3 Å². The number of Topliss-reactive ketones (excluding diaryl/α,β-unsaturated/α-hetero) is 1. The highest BCUT2D eigenvalue weighted by Crippen LogP contribution is 2.47. The molecule has 6 aromatic rings. The summed E-state index contributed by atoms with van der Waals surface area (Å²) in [5.74, 6) is -0.826. The molecule has 0 spiro atoms. The topological polar surface area (TPSA) is 142 Å². The number of anilines is 1. The molecular formula is C38H33F2N5O8S. The van der Waals surface area contributed by atoms with Gasteiger partial charge in [0.25, 0.3) is 0 Å². The van der Waals surface area contributed by atoms with E-state index in [1.807, 2.05) is 16.4 Å². The van der Waals surface area contributed by atoms with Gasteiger partial charge in [-0.25, -0.2) is 23.5 Å². The Morgan fingerprint density at radius 3 is 2.37 bits per heavy atom. The fraction of sp³-hybridized carbons (Fsp3) is 0.289. The number of thioether (sulfide) groups is 1. The number of pyridine rings is 1. The molecule has 8 rings (SSSR count). The van der Waals surface area contributed by atoms with Crippen molar-refractivity contribution in [3.8, 4) is 23.1 Å². The number of carbonyl (C=O) groups is 1. The number of hydrogen-bond donors (Lipinski definition) is 0. The van der Waals surface area contributed by atoms with Gasteiger partial charge in [0.05, 0.1) is 58.8 Å². The molecule has 13 nitrogen and oxygen atoms in total. The number of halogens is 2. The number of fused-ring (bicyclic) bond motifs is 4. The van der Waals surface area contributed by atoms with Gasteiger partial charge in [-0.15, -0.1) is 0 Å². The Balaban J connectivity index is 1.02. The molecule has 0 radical (unpaired) electrons. The van der Waals surface area contributed by atoms with E-state index in [0.717, 1.165) is 0 Å². The minimum Gasteiger partial charge on any atom is -0.493 e. The van der Waals surface area contributed by atoms with Crippen molar-refractivity contribution in [3.63, 3.8) is 0 Å². The maximum absolute atomic E-state index is 15.8. The minimum atomic E-state index is -0.740. The van der Waals surface area contributed by atoms with Crippen LogP contribution in [-0.2, 0) is 13.0 Å². The van der Waals surface area contributed by atoms with Crippen LogP contribution in [0.5, 0.6) is 23.1 Å².